The van der Waals surface area contributed by atoms with Crippen molar-refractivity contribution in [1.29, 1.82) is 0 Å². The van der Waals surface area contributed by atoms with Crippen LogP contribution in [0, 0.1) is 5.82 Å². The van der Waals surface area contributed by atoms with Crippen LogP contribution in [0.15, 0.2) is 24.4 Å². The van der Waals surface area contributed by atoms with Crippen molar-refractivity contribution >= 4 is 11.3 Å². The van der Waals surface area contributed by atoms with Gasteiger partial charge in [-0.1, -0.05) is 0 Å². The van der Waals surface area contributed by atoms with Crippen molar-refractivity contribution in [2.24, 2.45) is 0 Å². The van der Waals surface area contributed by atoms with Crippen molar-refractivity contribution in [2.75, 3.05) is 0 Å². The van der Waals surface area contributed by atoms with Crippen LogP contribution in [0.4, 0.5) is 10.1 Å². The number of rotatable bonds is 0. The van der Waals surface area contributed by atoms with Gasteiger partial charge in [-0.25, -0.2) is 4.39 Å². The smallest absolute Gasteiger partial charge is 0.123 e. The second-order valence-corrected chi connectivity index (χ2v) is 2.60. The molecule has 0 saturated heterocycles. The van der Waals surface area contributed by atoms with Gasteiger partial charge in [0.15, 0.2) is 0 Å². The number of hydrogen-bond donors (Lipinski definition) is 0. The normalized spacial score (nSPS) is 13.8. The summed E-state index contributed by atoms with van der Waals surface area (Å²) in [6, 6.07) is 4.63. The van der Waals surface area contributed by atoms with Crippen molar-refractivity contribution in [2.45, 2.75) is 6.92 Å². The number of halogens is 1. The van der Waals surface area contributed by atoms with Crippen molar-refractivity contribution in [3.05, 3.63) is 35.8 Å². The van der Waals surface area contributed by atoms with Crippen LogP contribution < -0.4 is 5.32 Å². The highest BCUT2D eigenvalue weighted by atomic mass is 19.1. The molecule has 11 heavy (non-hydrogen) atoms. The summed E-state index contributed by atoms with van der Waals surface area (Å²) < 4.78 is 12.7. The van der Waals surface area contributed by atoms with Crippen molar-refractivity contribution in [3.8, 4) is 0 Å². The first-order valence-corrected chi connectivity index (χ1v) is 3.45. The van der Waals surface area contributed by atoms with Gasteiger partial charge in [-0.15, -0.1) is 0 Å². The Morgan fingerprint density at radius 1 is 1.36 bits per heavy atom. The zero-order chi connectivity index (χ0) is 7.84. The fourth-order valence-corrected chi connectivity index (χ4v) is 1.17. The highest BCUT2D eigenvalue weighted by molar-refractivity contribution is 5.77. The Morgan fingerprint density at radius 3 is 3.00 bits per heavy atom. The van der Waals surface area contributed by atoms with E-state index in [0.717, 1.165) is 16.8 Å². The summed E-state index contributed by atoms with van der Waals surface area (Å²) in [7, 11) is 0. The molecule has 0 aliphatic carbocycles. The molecule has 1 radical (unpaired) electrons. The average Bonchev–Trinajstić information content (AvgIpc) is 2.33. The van der Waals surface area contributed by atoms with Crippen LogP contribution in [-0.2, 0) is 0 Å². The molecule has 1 nitrogen and oxygen atoms in total. The number of fused-ring (bicyclic) bond motifs is 1. The second-order valence-electron chi connectivity index (χ2n) is 2.60. The van der Waals surface area contributed by atoms with Gasteiger partial charge < -0.3 is 0 Å². The Hall–Kier alpha value is -1.31. The highest BCUT2D eigenvalue weighted by Crippen LogP contribution is 2.29. The molecule has 2 rings (SSSR count). The van der Waals surface area contributed by atoms with Crippen LogP contribution in [0.5, 0.6) is 0 Å². The molecule has 55 valence electrons. The fourth-order valence-electron chi connectivity index (χ4n) is 1.17. The average molecular weight is 148 g/mol. The molecule has 0 spiro atoms. The number of benzene rings is 1. The highest BCUT2D eigenvalue weighted by Gasteiger charge is 2.11. The van der Waals surface area contributed by atoms with Crippen molar-refractivity contribution in [3.63, 3.8) is 0 Å². The summed E-state index contributed by atoms with van der Waals surface area (Å²) in [6.07, 6.45) is 1.75. The molecule has 2 heteroatoms. The maximum Gasteiger partial charge on any atom is 0.123 e. The molecule has 1 aliphatic heterocycles. The molecule has 1 heterocycles. The first-order chi connectivity index (χ1) is 5.27. The minimum Gasteiger partial charge on any atom is -0.256 e. The predicted molar refractivity (Wildman–Crippen MR) is 41.8 cm³/mol. The summed E-state index contributed by atoms with van der Waals surface area (Å²) in [6.45, 7) is 1.93. The molecule has 1 aromatic rings. The Kier molecular flexibility index (Phi) is 1.22. The lowest BCUT2D eigenvalue weighted by Crippen LogP contribution is -1.82. The molecule has 0 amide bonds. The standard InChI is InChI=1S/C9H7FN/c1-6-5-11-9-3-2-7(10)4-8(6)9/h2-5H,1H3. The van der Waals surface area contributed by atoms with Crippen LogP contribution in [-0.4, -0.2) is 0 Å². The number of allylic oxidation sites excluding steroid dienone is 1. The van der Waals surface area contributed by atoms with Crippen LogP contribution in [0.2, 0.25) is 0 Å². The first kappa shape index (κ1) is 6.40. The third kappa shape index (κ3) is 0.909. The molecular formula is C9H7FN. The minimum absolute atomic E-state index is 0.200. The van der Waals surface area contributed by atoms with Crippen LogP contribution in [0.3, 0.4) is 0 Å². The molecule has 0 fully saturated rings. The molecule has 0 aromatic heterocycles. The molecule has 0 N–H and O–H groups in total. The Morgan fingerprint density at radius 2 is 2.18 bits per heavy atom. The number of hydrogen-bond acceptors (Lipinski definition) is 0. The van der Waals surface area contributed by atoms with E-state index in [2.05, 4.69) is 5.32 Å². The van der Waals surface area contributed by atoms with Crippen LogP contribution >= 0.6 is 0 Å². The summed E-state index contributed by atoms with van der Waals surface area (Å²) in [5, 5.41) is 4.09. The van der Waals surface area contributed by atoms with E-state index in [4.69, 9.17) is 0 Å². The summed E-state index contributed by atoms with van der Waals surface area (Å²) in [5.41, 5.74) is 2.80. The summed E-state index contributed by atoms with van der Waals surface area (Å²) in [4.78, 5) is 0. The molecule has 0 bridgehead atoms. The zero-order valence-electron chi connectivity index (χ0n) is 6.13. The SMILES string of the molecule is CC1=C[N]c2ccc(F)cc21. The van der Waals surface area contributed by atoms with Crippen molar-refractivity contribution < 1.29 is 4.39 Å². The third-order valence-corrected chi connectivity index (χ3v) is 1.78. The van der Waals surface area contributed by atoms with Crippen molar-refractivity contribution in [1.82, 2.24) is 5.32 Å². The lowest BCUT2D eigenvalue weighted by Gasteiger charge is -1.97. The van der Waals surface area contributed by atoms with E-state index in [1.165, 1.54) is 12.1 Å². The van der Waals surface area contributed by atoms with E-state index in [1.807, 2.05) is 6.92 Å². The van der Waals surface area contributed by atoms with Crippen LogP contribution in [0.25, 0.3) is 5.57 Å². The summed E-state index contributed by atoms with van der Waals surface area (Å²) >= 11 is 0. The Labute approximate surface area is 64.5 Å². The quantitative estimate of drug-likeness (QED) is 0.536. The van der Waals surface area contributed by atoms with Gasteiger partial charge in [0.1, 0.15) is 5.82 Å². The van der Waals surface area contributed by atoms with Gasteiger partial charge in [0.05, 0.1) is 5.69 Å². The second kappa shape index (κ2) is 2.09. The number of nitrogens with zero attached hydrogens (tertiary/aromatic N) is 1. The van der Waals surface area contributed by atoms with E-state index in [9.17, 15) is 4.39 Å². The molecule has 0 atom stereocenters. The molecular weight excluding hydrogens is 141 g/mol. The van der Waals surface area contributed by atoms with Crippen LogP contribution in [0.1, 0.15) is 12.5 Å². The van der Waals surface area contributed by atoms with Gasteiger partial charge in [0, 0.05) is 11.8 Å². The maximum absolute atomic E-state index is 12.7. The Bertz CT molecular complexity index is 328. The fraction of sp³-hybridized carbons (Fsp3) is 0.111. The van der Waals surface area contributed by atoms with Gasteiger partial charge in [-0.3, -0.25) is 5.32 Å². The molecule has 1 aliphatic rings. The monoisotopic (exact) mass is 148 g/mol. The predicted octanol–water partition coefficient (Wildman–Crippen LogP) is 2.44. The van der Waals surface area contributed by atoms with E-state index in [0.29, 0.717) is 0 Å². The van der Waals surface area contributed by atoms with Gasteiger partial charge in [-0.2, -0.15) is 0 Å². The topological polar surface area (TPSA) is 14.1 Å². The van der Waals surface area contributed by atoms with E-state index in [1.54, 1.807) is 12.3 Å². The summed E-state index contributed by atoms with van der Waals surface area (Å²) in [5.74, 6) is -0.200. The zero-order valence-corrected chi connectivity index (χ0v) is 6.13. The minimum atomic E-state index is -0.200. The lowest BCUT2D eigenvalue weighted by molar-refractivity contribution is 0.627. The van der Waals surface area contributed by atoms with E-state index >= 15 is 0 Å². The third-order valence-electron chi connectivity index (χ3n) is 1.78. The first-order valence-electron chi connectivity index (χ1n) is 3.45. The van der Waals surface area contributed by atoms with Gasteiger partial charge in [0.2, 0.25) is 0 Å². The molecule has 0 saturated carbocycles. The lowest BCUT2D eigenvalue weighted by atomic mass is 10.1. The van der Waals surface area contributed by atoms with E-state index < -0.39 is 0 Å². The molecule has 0 unspecified atom stereocenters. The van der Waals surface area contributed by atoms with Gasteiger partial charge >= 0.3 is 0 Å². The van der Waals surface area contributed by atoms with E-state index in [-0.39, 0.29) is 5.82 Å². The molecule has 1 aromatic carbocycles. The van der Waals surface area contributed by atoms with Gasteiger partial charge in [-0.05, 0) is 30.7 Å². The van der Waals surface area contributed by atoms with Gasteiger partial charge in [0.25, 0.3) is 0 Å². The Balaban J connectivity index is 2.60. The maximum atomic E-state index is 12.7. The largest absolute Gasteiger partial charge is 0.256 e.